The minimum absolute atomic E-state index is 0.675. The third-order valence-corrected chi connectivity index (χ3v) is 4.13. The molecule has 0 unspecified atom stereocenters. The van der Waals surface area contributed by atoms with Gasteiger partial charge < -0.3 is 4.90 Å². The van der Waals surface area contributed by atoms with Crippen molar-refractivity contribution in [3.63, 3.8) is 0 Å². The lowest BCUT2D eigenvalue weighted by atomic mass is 10.2. The third-order valence-electron chi connectivity index (χ3n) is 2.21. The first-order valence-electron chi connectivity index (χ1n) is 5.01. The zero-order valence-corrected chi connectivity index (χ0v) is 11.9. The Hall–Kier alpha value is -0.840. The highest BCUT2D eigenvalue weighted by Crippen LogP contribution is 2.26. The molecule has 88 valence electrons. The summed E-state index contributed by atoms with van der Waals surface area (Å²) in [6.07, 6.45) is 1.80. The molecule has 2 nitrogen and oxygen atoms in total. The van der Waals surface area contributed by atoms with Crippen molar-refractivity contribution in [2.45, 2.75) is 4.90 Å². The molecule has 0 amide bonds. The van der Waals surface area contributed by atoms with Crippen molar-refractivity contribution in [2.24, 2.45) is 0 Å². The zero-order chi connectivity index (χ0) is 12.4. The van der Waals surface area contributed by atoms with Crippen LogP contribution in [0.15, 0.2) is 35.4 Å². The van der Waals surface area contributed by atoms with Gasteiger partial charge in [0.05, 0.1) is 10.5 Å². The van der Waals surface area contributed by atoms with Gasteiger partial charge >= 0.3 is 0 Å². The summed E-state index contributed by atoms with van der Waals surface area (Å²) in [5, 5.41) is 1.71. The van der Waals surface area contributed by atoms with E-state index < -0.39 is 0 Å². The monoisotopic (exact) mass is 282 g/mol. The van der Waals surface area contributed by atoms with E-state index in [1.807, 2.05) is 37.2 Å². The predicted octanol–water partition coefficient (Wildman–Crippen LogP) is 3.83. The summed E-state index contributed by atoms with van der Waals surface area (Å²) in [5.74, 6) is 0. The second-order valence-corrected chi connectivity index (χ2v) is 5.86. The lowest BCUT2D eigenvalue weighted by Gasteiger charge is -2.12. The van der Waals surface area contributed by atoms with Crippen molar-refractivity contribution >= 4 is 50.8 Å². The van der Waals surface area contributed by atoms with Gasteiger partial charge in [-0.15, -0.1) is 0 Å². The summed E-state index contributed by atoms with van der Waals surface area (Å²) in [6, 6.07) is 7.81. The van der Waals surface area contributed by atoms with Crippen LogP contribution in [-0.4, -0.2) is 28.3 Å². The fourth-order valence-corrected chi connectivity index (χ4v) is 2.55. The molecule has 0 fully saturated rings. The van der Waals surface area contributed by atoms with Crippen molar-refractivity contribution in [1.29, 1.82) is 0 Å². The van der Waals surface area contributed by atoms with Crippen molar-refractivity contribution in [3.05, 3.63) is 35.5 Å². The highest BCUT2D eigenvalue weighted by molar-refractivity contribution is 8.22. The summed E-state index contributed by atoms with van der Waals surface area (Å²) in [4.78, 5) is 7.29. The molecule has 0 atom stereocenters. The Balaban J connectivity index is 2.35. The third kappa shape index (κ3) is 2.89. The average Bonchev–Trinajstić information content (AvgIpc) is 2.29. The first-order chi connectivity index (χ1) is 8.08. The predicted molar refractivity (Wildman–Crippen MR) is 78.9 cm³/mol. The van der Waals surface area contributed by atoms with E-state index in [1.54, 1.807) is 6.20 Å². The number of halogens is 1. The molecule has 1 aromatic heterocycles. The van der Waals surface area contributed by atoms with E-state index in [2.05, 4.69) is 11.1 Å². The Morgan fingerprint density at radius 2 is 2.18 bits per heavy atom. The SMILES string of the molecule is CN(C)C(=S)Sc1cnc2c(Cl)cccc2c1. The number of benzene rings is 1. The van der Waals surface area contributed by atoms with Gasteiger partial charge in [0.1, 0.15) is 4.32 Å². The molecular weight excluding hydrogens is 272 g/mol. The van der Waals surface area contributed by atoms with E-state index in [9.17, 15) is 0 Å². The molecule has 2 aromatic rings. The zero-order valence-electron chi connectivity index (χ0n) is 9.48. The molecule has 17 heavy (non-hydrogen) atoms. The number of hydrogen-bond acceptors (Lipinski definition) is 3. The van der Waals surface area contributed by atoms with Gasteiger partial charge in [-0.1, -0.05) is 47.7 Å². The second kappa shape index (κ2) is 5.21. The van der Waals surface area contributed by atoms with E-state index in [-0.39, 0.29) is 0 Å². The summed E-state index contributed by atoms with van der Waals surface area (Å²) in [6.45, 7) is 0. The molecule has 0 bridgehead atoms. The summed E-state index contributed by atoms with van der Waals surface area (Å²) < 4.78 is 0.813. The van der Waals surface area contributed by atoms with Crippen LogP contribution in [0, 0.1) is 0 Å². The molecule has 1 aromatic carbocycles. The first-order valence-corrected chi connectivity index (χ1v) is 6.61. The number of rotatable bonds is 1. The van der Waals surface area contributed by atoms with Gasteiger partial charge in [-0.3, -0.25) is 4.98 Å². The Bertz CT molecular complexity index is 569. The van der Waals surface area contributed by atoms with E-state index in [4.69, 9.17) is 23.8 Å². The molecule has 0 saturated heterocycles. The molecule has 0 spiro atoms. The quantitative estimate of drug-likeness (QED) is 0.583. The van der Waals surface area contributed by atoms with Crippen LogP contribution in [0.2, 0.25) is 5.02 Å². The maximum atomic E-state index is 6.06. The van der Waals surface area contributed by atoms with E-state index in [0.717, 1.165) is 20.1 Å². The molecule has 0 aliphatic rings. The fraction of sp³-hybridized carbons (Fsp3) is 0.167. The van der Waals surface area contributed by atoms with Crippen LogP contribution < -0.4 is 0 Å². The molecule has 0 aliphatic heterocycles. The number of hydrogen-bond donors (Lipinski definition) is 0. The Morgan fingerprint density at radius 1 is 1.41 bits per heavy atom. The molecule has 0 radical (unpaired) electrons. The highest BCUT2D eigenvalue weighted by atomic mass is 35.5. The van der Waals surface area contributed by atoms with Gasteiger partial charge in [-0.05, 0) is 12.1 Å². The van der Waals surface area contributed by atoms with Crippen molar-refractivity contribution in [1.82, 2.24) is 9.88 Å². The van der Waals surface area contributed by atoms with Crippen LogP contribution >= 0.6 is 35.6 Å². The van der Waals surface area contributed by atoms with Gasteiger partial charge in [-0.2, -0.15) is 0 Å². The fourth-order valence-electron chi connectivity index (χ4n) is 1.35. The van der Waals surface area contributed by atoms with Crippen molar-refractivity contribution in [3.8, 4) is 0 Å². The number of pyridine rings is 1. The summed E-state index contributed by atoms with van der Waals surface area (Å²) in [5.41, 5.74) is 0.828. The number of thiocarbonyl (C=S) groups is 1. The summed E-state index contributed by atoms with van der Waals surface area (Å²) >= 11 is 12.8. The van der Waals surface area contributed by atoms with Crippen molar-refractivity contribution < 1.29 is 0 Å². The lowest BCUT2D eigenvalue weighted by molar-refractivity contribution is 0.648. The lowest BCUT2D eigenvalue weighted by Crippen LogP contribution is -2.15. The topological polar surface area (TPSA) is 16.1 Å². The van der Waals surface area contributed by atoms with E-state index in [0.29, 0.717) is 5.02 Å². The summed E-state index contributed by atoms with van der Waals surface area (Å²) in [7, 11) is 3.86. The van der Waals surface area contributed by atoms with Crippen LogP contribution in [0.25, 0.3) is 10.9 Å². The Kier molecular flexibility index (Phi) is 3.86. The molecule has 2 rings (SSSR count). The van der Waals surface area contributed by atoms with Gasteiger partial charge in [0.2, 0.25) is 0 Å². The minimum Gasteiger partial charge on any atom is -0.363 e. The maximum absolute atomic E-state index is 6.06. The molecule has 0 saturated carbocycles. The average molecular weight is 283 g/mol. The van der Waals surface area contributed by atoms with Gasteiger partial charge in [0.25, 0.3) is 0 Å². The molecule has 5 heteroatoms. The van der Waals surface area contributed by atoms with E-state index >= 15 is 0 Å². The van der Waals surface area contributed by atoms with Crippen molar-refractivity contribution in [2.75, 3.05) is 14.1 Å². The number of fused-ring (bicyclic) bond motifs is 1. The number of nitrogens with zero attached hydrogens (tertiary/aromatic N) is 2. The molecule has 0 aliphatic carbocycles. The molecular formula is C12H11ClN2S2. The van der Waals surface area contributed by atoms with Gasteiger partial charge in [0.15, 0.2) is 0 Å². The number of para-hydroxylation sites is 1. The van der Waals surface area contributed by atoms with Crippen LogP contribution in [0.4, 0.5) is 0 Å². The largest absolute Gasteiger partial charge is 0.363 e. The van der Waals surface area contributed by atoms with Gasteiger partial charge in [0, 0.05) is 30.6 Å². The standard InChI is InChI=1S/C12H11ClN2S2/c1-15(2)12(16)17-9-6-8-4-3-5-10(13)11(8)14-7-9/h3-7H,1-2H3. The van der Waals surface area contributed by atoms with E-state index in [1.165, 1.54) is 11.8 Å². The normalized spacial score (nSPS) is 10.5. The highest BCUT2D eigenvalue weighted by Gasteiger charge is 2.05. The smallest absolute Gasteiger partial charge is 0.140 e. The maximum Gasteiger partial charge on any atom is 0.140 e. The Labute approximate surface area is 115 Å². The van der Waals surface area contributed by atoms with Crippen LogP contribution in [-0.2, 0) is 0 Å². The van der Waals surface area contributed by atoms with Gasteiger partial charge in [-0.25, -0.2) is 0 Å². The van der Waals surface area contributed by atoms with Crippen LogP contribution in [0.3, 0.4) is 0 Å². The number of aromatic nitrogens is 1. The van der Waals surface area contributed by atoms with Crippen LogP contribution in [0.5, 0.6) is 0 Å². The number of thioether (sulfide) groups is 1. The minimum atomic E-state index is 0.675. The Morgan fingerprint density at radius 3 is 2.88 bits per heavy atom. The molecule has 1 heterocycles. The molecule has 0 N–H and O–H groups in total. The van der Waals surface area contributed by atoms with Crippen LogP contribution in [0.1, 0.15) is 0 Å². The second-order valence-electron chi connectivity index (χ2n) is 3.74. The first kappa shape index (κ1) is 12.6.